The van der Waals surface area contributed by atoms with Gasteiger partial charge in [-0.2, -0.15) is 0 Å². The van der Waals surface area contributed by atoms with Crippen LogP contribution in [-0.4, -0.2) is 178 Å². The number of para-hydroxylation sites is 5. The SMILES string of the molecule is CC1(C)C(=O)C(=Cc2ccc(N3CCc4ccccc43)[se]2)C(=O)C(C)(C)C1=O.CC1(C)C(=O)C(=Cc2ccc(N3CCc4ccccc43)[se]2)C(=O)C(C)(C)C1=O.CC1(C)C(=O)CC(=O)C(C)(C)C1=O.Ic1ccc[se]1.O=Cc1ccc(N2CCc3ccccc32)[se]1.c1c[se]c(N2CCc3ccccc32)c1.c1cc[se]c1.c1ccc2c(c1)CCN2. The van der Waals surface area contributed by atoms with Crippen LogP contribution in [0.15, 0.2) is 225 Å². The molecular weight excluding hydrogens is 2000 g/mol. The monoisotopic (exact) mass is 2100 g/mol. The van der Waals surface area contributed by atoms with Gasteiger partial charge in [0.25, 0.3) is 0 Å². The molecule has 0 spiro atoms. The van der Waals surface area contributed by atoms with Gasteiger partial charge in [0.1, 0.15) is 0 Å². The van der Waals surface area contributed by atoms with Gasteiger partial charge in [-0.3, -0.25) is 14.4 Å². The fraction of sp³-hybridized carbons (Fsp3) is 0.299. The molecule has 0 atom stereocenters. The van der Waals surface area contributed by atoms with E-state index < -0.39 is 32.5 Å². The van der Waals surface area contributed by atoms with E-state index in [-0.39, 0.29) is 113 Å². The molecule has 11 heterocycles. The second kappa shape index (κ2) is 38.6. The summed E-state index contributed by atoms with van der Waals surface area (Å²) in [6.07, 6.45) is 9.89. The maximum absolute atomic E-state index is 12.9. The standard InChI is InChI=1S/2C23H23NO3Se.C13H11NOSe.C12H11NSe.C10H14O3.C8H9N.C4H3ISe.C4H4Se/c2*1-22(2)19(25)16(20(26)23(3,4)21(22)27)13-15-9-10-18(28-15)24-12-11-14-7-5-6-8-17(14)24;15-9-11-5-6-13(16-11)14-8-7-10-3-1-2-4-12(10)14;1-2-5-11-10(4-1)7-8-13(11)12-6-3-9-14-12;1-9(2)6(11)5-7(12)10(3,4)8(9)13;1-2-4-8-7(3-1)5-6-9-8;5-4-2-1-3-6-4;1-2-4-5-3-1/h2*5-10,13H,11-12H2,1-4H3;1-6,9H,7-8H2;1-6,9H,7-8H2;5H2,1-4H3;1-4,9H,5-6H2;1-3H;1-4H. The van der Waals surface area contributed by atoms with Crippen LogP contribution in [0.2, 0.25) is 0 Å². The van der Waals surface area contributed by atoms with Gasteiger partial charge in [-0.05, 0) is 45.7 Å². The van der Waals surface area contributed by atoms with Gasteiger partial charge in [0.05, 0.1) is 17.3 Å². The van der Waals surface area contributed by atoms with Crippen molar-refractivity contribution in [2.24, 2.45) is 32.5 Å². The Morgan fingerprint density at radius 1 is 0.336 bits per heavy atom. The molecule has 15 nitrogen and oxygen atoms in total. The largest absolute Gasteiger partial charge is 0.384 e. The Balaban J connectivity index is 0.000000132. The third-order valence-corrected chi connectivity index (χ3v) is 35.5. The Morgan fingerprint density at radius 2 is 0.672 bits per heavy atom. The molecule has 0 bridgehead atoms. The summed E-state index contributed by atoms with van der Waals surface area (Å²) in [5.74, 6) is -2.84. The maximum Gasteiger partial charge on any atom is 0.0373 e. The van der Waals surface area contributed by atoms with Gasteiger partial charge in [0.2, 0.25) is 0 Å². The molecule has 1 N–H and O–H groups in total. The minimum absolute atomic E-state index is 0.0146. The molecule has 6 aromatic heterocycles. The third kappa shape index (κ3) is 20.0. The molecule has 119 heavy (non-hydrogen) atoms. The van der Waals surface area contributed by atoms with Gasteiger partial charge in [0.15, 0.2) is 17.3 Å². The minimum Gasteiger partial charge on any atom is -0.384 e. The van der Waals surface area contributed by atoms with Crippen molar-refractivity contribution in [3.8, 4) is 0 Å². The molecule has 3 fully saturated rings. The molecular formula is C97H98IN5O10Se6. The summed E-state index contributed by atoms with van der Waals surface area (Å²) >= 11 is 4.54. The molecule has 22 heteroatoms. The zero-order chi connectivity index (χ0) is 85.4. The molecule has 8 aliphatic rings. The molecule has 5 aliphatic heterocycles. The number of allylic oxidation sites excluding steroid dienone is 2. The summed E-state index contributed by atoms with van der Waals surface area (Å²) in [6, 6.07) is 67.6. The first-order valence-corrected chi connectivity index (χ1v) is 51.6. The van der Waals surface area contributed by atoms with Crippen molar-refractivity contribution < 1.29 is 47.9 Å². The molecule has 614 valence electrons. The number of fused-ring (bicyclic) bond motifs is 5. The molecule has 5 aromatic carbocycles. The Labute approximate surface area is 747 Å². The number of halogens is 1. The van der Waals surface area contributed by atoms with E-state index in [4.69, 9.17) is 0 Å². The topological polar surface area (TPSA) is 196 Å². The van der Waals surface area contributed by atoms with Crippen molar-refractivity contribution in [2.75, 3.05) is 57.6 Å². The van der Waals surface area contributed by atoms with E-state index >= 15 is 0 Å². The summed E-state index contributed by atoms with van der Waals surface area (Å²) in [7, 11) is 0. The van der Waals surface area contributed by atoms with Gasteiger partial charge < -0.3 is 5.32 Å². The Hall–Kier alpha value is -7.99. The van der Waals surface area contributed by atoms with E-state index in [0.717, 1.165) is 71.6 Å². The van der Waals surface area contributed by atoms with Crippen LogP contribution in [0.4, 0.5) is 46.7 Å². The first-order chi connectivity index (χ1) is 56.7. The van der Waals surface area contributed by atoms with Crippen LogP contribution in [0, 0.1) is 34.9 Å². The number of aldehydes is 1. The Bertz CT molecular complexity index is 5360. The van der Waals surface area contributed by atoms with Crippen molar-refractivity contribution in [1.29, 1.82) is 0 Å². The number of carbonyl (C=O) groups excluding carboxylic acids is 10. The van der Waals surface area contributed by atoms with Gasteiger partial charge >= 0.3 is 625 Å². The second-order valence-corrected chi connectivity index (χ2v) is 48.3. The van der Waals surface area contributed by atoms with E-state index in [0.29, 0.717) is 43.5 Å². The zero-order valence-corrected chi connectivity index (χ0v) is 81.4. The van der Waals surface area contributed by atoms with E-state index in [2.05, 4.69) is 243 Å². The van der Waals surface area contributed by atoms with Crippen LogP contribution in [-0.2, 0) is 75.3 Å². The molecule has 3 aliphatic carbocycles. The minimum atomic E-state index is -1.17. The third-order valence-electron chi connectivity index (χ3n) is 22.7. The van der Waals surface area contributed by atoms with Crippen molar-refractivity contribution in [2.45, 2.75) is 122 Å². The summed E-state index contributed by atoms with van der Waals surface area (Å²) in [6.45, 7) is 24.6. The summed E-state index contributed by atoms with van der Waals surface area (Å²) < 4.78 is 9.69. The zero-order valence-electron chi connectivity index (χ0n) is 69.0. The Kier molecular flexibility index (Phi) is 29.3. The fourth-order valence-electron chi connectivity index (χ4n) is 15.8. The van der Waals surface area contributed by atoms with Gasteiger partial charge in [0, 0.05) is 12.2 Å². The van der Waals surface area contributed by atoms with Crippen LogP contribution < -0.4 is 24.9 Å². The molecule has 3 saturated carbocycles. The van der Waals surface area contributed by atoms with Crippen molar-refractivity contribution in [3.05, 3.63) is 269 Å². The normalized spacial score (nSPS) is 18.0. The predicted octanol–water partition coefficient (Wildman–Crippen LogP) is 16.8. The molecule has 0 radical (unpaired) electrons. The number of hydrogen-bond acceptors (Lipinski definition) is 15. The number of Topliss-reactive ketones (excluding diaryl/α,β-unsaturated/α-hetero) is 9. The summed E-state index contributed by atoms with van der Waals surface area (Å²) in [5.41, 5.74) is 7.30. The maximum atomic E-state index is 12.9. The molecule has 11 aromatic rings. The van der Waals surface area contributed by atoms with Crippen molar-refractivity contribution in [1.82, 2.24) is 0 Å². The molecule has 19 rings (SSSR count). The van der Waals surface area contributed by atoms with Crippen molar-refractivity contribution in [3.63, 3.8) is 0 Å². The fourth-order valence-corrected chi connectivity index (χ4v) is 26.2. The van der Waals surface area contributed by atoms with E-state index in [1.807, 2.05) is 18.2 Å². The van der Waals surface area contributed by atoms with Crippen LogP contribution >= 0.6 is 22.6 Å². The van der Waals surface area contributed by atoms with E-state index in [9.17, 15) is 47.9 Å². The summed E-state index contributed by atoms with van der Waals surface area (Å²) in [4.78, 5) is 140. The number of nitrogens with one attached hydrogen (secondary N) is 1. The first-order valence-electron chi connectivity index (χ1n) is 39.7. The van der Waals surface area contributed by atoms with Crippen LogP contribution in [0.5, 0.6) is 0 Å². The number of rotatable bonds is 7. The predicted molar refractivity (Wildman–Crippen MR) is 494 cm³/mol. The van der Waals surface area contributed by atoms with E-state index in [1.165, 1.54) is 89.8 Å². The number of nitrogens with zero attached hydrogens (tertiary/aromatic N) is 4. The number of anilines is 9. The Morgan fingerprint density at radius 3 is 0.992 bits per heavy atom. The van der Waals surface area contributed by atoms with E-state index in [1.54, 1.807) is 95.2 Å². The summed E-state index contributed by atoms with van der Waals surface area (Å²) in [5, 5.41) is 3.30. The number of benzene rings is 5. The van der Waals surface area contributed by atoms with Gasteiger partial charge in [-0.25, -0.2) is 0 Å². The van der Waals surface area contributed by atoms with Crippen molar-refractivity contribution >= 4 is 227 Å². The second-order valence-electron chi connectivity index (χ2n) is 33.0. The van der Waals surface area contributed by atoms with Gasteiger partial charge in [-0.15, -0.1) is 0 Å². The van der Waals surface area contributed by atoms with Crippen LogP contribution in [0.25, 0.3) is 12.2 Å². The number of carbonyl (C=O) groups is 10. The number of ketones is 9. The van der Waals surface area contributed by atoms with Crippen LogP contribution in [0.1, 0.15) is 135 Å². The first kappa shape index (κ1) is 90.2. The average Bonchev–Trinajstić information content (AvgIpc) is 1.67. The molecule has 0 amide bonds. The van der Waals surface area contributed by atoms with Gasteiger partial charge in [-0.1, -0.05) is 18.2 Å². The average molecular weight is 2090 g/mol. The number of hydrogen-bond donors (Lipinski definition) is 1. The molecule has 0 saturated heterocycles. The molecule has 0 unspecified atom stereocenters. The smallest absolute Gasteiger partial charge is 0.0373 e. The van der Waals surface area contributed by atoms with Crippen LogP contribution in [0.3, 0.4) is 0 Å². The quantitative estimate of drug-likeness (QED) is 0.0395.